The highest BCUT2D eigenvalue weighted by atomic mass is 31.2. The van der Waals surface area contributed by atoms with E-state index in [1.54, 1.807) is 37.3 Å². The smallest absolute Gasteiger partial charge is 0.298 e. The maximum atomic E-state index is 12.4. The first-order chi connectivity index (χ1) is 8.93. The first-order valence-electron chi connectivity index (χ1n) is 5.93. The molecule has 1 atom stereocenters. The number of hydrogen-bond acceptors (Lipinski definition) is 2. The lowest BCUT2D eigenvalue weighted by molar-refractivity contribution is 0.106. The SMILES string of the molecule is Cc1ccc(C(=O)P(=O)(O)c2ccccc2)c(C)c1. The zero-order chi connectivity index (χ0) is 14.0. The third-order valence-corrected chi connectivity index (χ3v) is 4.78. The Morgan fingerprint density at radius 3 is 2.26 bits per heavy atom. The van der Waals surface area contributed by atoms with Gasteiger partial charge in [0.2, 0.25) is 0 Å². The molecule has 1 N–H and O–H groups in total. The Morgan fingerprint density at radius 1 is 1.05 bits per heavy atom. The zero-order valence-electron chi connectivity index (χ0n) is 10.8. The average molecular weight is 274 g/mol. The molecule has 19 heavy (non-hydrogen) atoms. The van der Waals surface area contributed by atoms with E-state index in [1.165, 1.54) is 12.1 Å². The van der Waals surface area contributed by atoms with Gasteiger partial charge in [0.1, 0.15) is 0 Å². The van der Waals surface area contributed by atoms with Crippen LogP contribution in [0.3, 0.4) is 0 Å². The molecule has 3 nitrogen and oxygen atoms in total. The number of aryl methyl sites for hydroxylation is 2. The van der Waals surface area contributed by atoms with E-state index in [0.29, 0.717) is 5.56 Å². The molecule has 0 bridgehead atoms. The van der Waals surface area contributed by atoms with Gasteiger partial charge in [-0.2, -0.15) is 0 Å². The Kier molecular flexibility index (Phi) is 3.70. The number of carbonyl (C=O) groups excluding carboxylic acids is 1. The normalized spacial score (nSPS) is 13.8. The highest BCUT2D eigenvalue weighted by molar-refractivity contribution is 7.82. The van der Waals surface area contributed by atoms with Crippen LogP contribution in [0, 0.1) is 13.8 Å². The van der Waals surface area contributed by atoms with Gasteiger partial charge in [-0.1, -0.05) is 42.0 Å². The van der Waals surface area contributed by atoms with Crippen molar-refractivity contribution in [2.75, 3.05) is 0 Å². The summed E-state index contributed by atoms with van der Waals surface area (Å²) >= 11 is 0. The predicted molar refractivity (Wildman–Crippen MR) is 76.1 cm³/mol. The highest BCUT2D eigenvalue weighted by Crippen LogP contribution is 2.43. The van der Waals surface area contributed by atoms with Gasteiger partial charge in [-0.05, 0) is 31.5 Å². The number of rotatable bonds is 3. The molecular formula is C15H15O3P. The van der Waals surface area contributed by atoms with Crippen LogP contribution in [0.15, 0.2) is 48.5 Å². The fourth-order valence-electron chi connectivity index (χ4n) is 1.96. The van der Waals surface area contributed by atoms with Gasteiger partial charge >= 0.3 is 0 Å². The summed E-state index contributed by atoms with van der Waals surface area (Å²) in [6.07, 6.45) is 0. The Hall–Kier alpha value is -1.70. The summed E-state index contributed by atoms with van der Waals surface area (Å²) in [5.74, 6) is 0. The van der Waals surface area contributed by atoms with Gasteiger partial charge in [0.15, 0.2) is 0 Å². The summed E-state index contributed by atoms with van der Waals surface area (Å²) in [5, 5.41) is 0.167. The summed E-state index contributed by atoms with van der Waals surface area (Å²) in [6.45, 7) is 3.68. The summed E-state index contributed by atoms with van der Waals surface area (Å²) < 4.78 is 12.4. The Labute approximate surface area is 112 Å². The molecule has 2 aromatic rings. The van der Waals surface area contributed by atoms with Gasteiger partial charge in [-0.3, -0.25) is 9.36 Å². The van der Waals surface area contributed by atoms with Crippen molar-refractivity contribution in [2.24, 2.45) is 0 Å². The highest BCUT2D eigenvalue weighted by Gasteiger charge is 2.32. The van der Waals surface area contributed by atoms with Crippen LogP contribution in [0.25, 0.3) is 0 Å². The molecule has 0 aliphatic rings. The van der Waals surface area contributed by atoms with Crippen molar-refractivity contribution in [3.63, 3.8) is 0 Å². The predicted octanol–water partition coefficient (Wildman–Crippen LogP) is 3.04. The Balaban J connectivity index is 2.47. The second-order valence-corrected chi connectivity index (χ2v) is 6.61. The van der Waals surface area contributed by atoms with Gasteiger partial charge < -0.3 is 4.89 Å². The quantitative estimate of drug-likeness (QED) is 0.875. The Bertz CT molecular complexity index is 662. The van der Waals surface area contributed by atoms with Gasteiger partial charge in [-0.25, -0.2) is 0 Å². The minimum absolute atomic E-state index is 0.167. The van der Waals surface area contributed by atoms with Crippen LogP contribution >= 0.6 is 7.37 Å². The second kappa shape index (κ2) is 5.12. The monoisotopic (exact) mass is 274 g/mol. The molecule has 0 spiro atoms. The van der Waals surface area contributed by atoms with Crippen molar-refractivity contribution >= 4 is 18.2 Å². The molecule has 0 aromatic heterocycles. The molecule has 0 aliphatic heterocycles. The third-order valence-electron chi connectivity index (χ3n) is 2.99. The number of benzene rings is 2. The molecule has 0 fully saturated rings. The molecule has 0 aliphatic carbocycles. The number of hydrogen-bond donors (Lipinski definition) is 1. The van der Waals surface area contributed by atoms with Gasteiger partial charge in [-0.15, -0.1) is 0 Å². The Morgan fingerprint density at radius 2 is 1.68 bits per heavy atom. The molecule has 98 valence electrons. The molecule has 1 unspecified atom stereocenters. The van der Waals surface area contributed by atoms with E-state index in [4.69, 9.17) is 0 Å². The second-order valence-electron chi connectivity index (χ2n) is 4.54. The number of carbonyl (C=O) groups is 1. The van der Waals surface area contributed by atoms with Crippen molar-refractivity contribution in [1.82, 2.24) is 0 Å². The van der Waals surface area contributed by atoms with Crippen LogP contribution in [0.5, 0.6) is 0 Å². The van der Waals surface area contributed by atoms with Gasteiger partial charge in [0.25, 0.3) is 12.9 Å². The van der Waals surface area contributed by atoms with E-state index in [1.807, 2.05) is 13.0 Å². The molecule has 0 saturated heterocycles. The zero-order valence-corrected chi connectivity index (χ0v) is 11.7. The van der Waals surface area contributed by atoms with Crippen LogP contribution in [-0.2, 0) is 4.57 Å². The largest absolute Gasteiger partial charge is 0.336 e. The summed E-state index contributed by atoms with van der Waals surface area (Å²) in [6, 6.07) is 13.2. The van der Waals surface area contributed by atoms with E-state index < -0.39 is 12.9 Å². The van der Waals surface area contributed by atoms with Crippen LogP contribution in [0.4, 0.5) is 0 Å². The van der Waals surface area contributed by atoms with Crippen LogP contribution in [0.2, 0.25) is 0 Å². The van der Waals surface area contributed by atoms with Crippen molar-refractivity contribution in [3.8, 4) is 0 Å². The molecule has 0 saturated carbocycles. The van der Waals surface area contributed by atoms with Gasteiger partial charge in [0.05, 0.1) is 0 Å². The lowest BCUT2D eigenvalue weighted by Gasteiger charge is -2.12. The standard InChI is InChI=1S/C15H15O3P/c1-11-8-9-14(12(2)10-11)15(16)19(17,18)13-6-4-3-5-7-13/h3-10H,1-2H3,(H,17,18). The topological polar surface area (TPSA) is 54.4 Å². The van der Waals surface area contributed by atoms with E-state index in [9.17, 15) is 14.3 Å². The molecule has 2 rings (SSSR count). The van der Waals surface area contributed by atoms with Crippen LogP contribution in [-0.4, -0.2) is 10.4 Å². The first kappa shape index (κ1) is 13.7. The first-order valence-corrected chi connectivity index (χ1v) is 7.59. The van der Waals surface area contributed by atoms with Crippen molar-refractivity contribution in [2.45, 2.75) is 13.8 Å². The fourth-order valence-corrected chi connectivity index (χ4v) is 3.35. The maximum absolute atomic E-state index is 12.4. The average Bonchev–Trinajstić information content (AvgIpc) is 2.39. The summed E-state index contributed by atoms with van der Waals surface area (Å²) in [4.78, 5) is 22.4. The van der Waals surface area contributed by atoms with E-state index >= 15 is 0 Å². The van der Waals surface area contributed by atoms with Gasteiger partial charge in [0, 0.05) is 10.9 Å². The molecule has 4 heteroatoms. The van der Waals surface area contributed by atoms with E-state index in [0.717, 1.165) is 11.1 Å². The summed E-state index contributed by atoms with van der Waals surface area (Å²) in [5.41, 5.74) is 1.33. The van der Waals surface area contributed by atoms with E-state index in [2.05, 4.69) is 0 Å². The third kappa shape index (κ3) is 2.67. The molecular weight excluding hydrogens is 259 g/mol. The van der Waals surface area contributed by atoms with Crippen LogP contribution in [0.1, 0.15) is 21.5 Å². The minimum atomic E-state index is -4.04. The van der Waals surface area contributed by atoms with Crippen molar-refractivity contribution in [3.05, 3.63) is 65.2 Å². The fraction of sp³-hybridized carbons (Fsp3) is 0.133. The minimum Gasteiger partial charge on any atom is -0.336 e. The van der Waals surface area contributed by atoms with E-state index in [-0.39, 0.29) is 5.30 Å². The van der Waals surface area contributed by atoms with Crippen molar-refractivity contribution in [1.29, 1.82) is 0 Å². The maximum Gasteiger partial charge on any atom is 0.298 e. The molecule has 0 radical (unpaired) electrons. The van der Waals surface area contributed by atoms with Crippen LogP contribution < -0.4 is 5.30 Å². The summed E-state index contributed by atoms with van der Waals surface area (Å²) in [7, 11) is -4.04. The molecule has 0 amide bonds. The molecule has 2 aromatic carbocycles. The lowest BCUT2D eigenvalue weighted by atomic mass is 10.1. The lowest BCUT2D eigenvalue weighted by Crippen LogP contribution is -2.13. The van der Waals surface area contributed by atoms with Crippen molar-refractivity contribution < 1.29 is 14.3 Å². The molecule has 0 heterocycles.